The Labute approximate surface area is 239 Å². The molecular formula is C31H33N5O3S. The highest BCUT2D eigenvalue weighted by Crippen LogP contribution is 2.45. The van der Waals surface area contributed by atoms with Gasteiger partial charge in [0, 0.05) is 36.1 Å². The number of methoxy groups -OCH3 is 2. The maximum Gasteiger partial charge on any atom is 0.250 e. The van der Waals surface area contributed by atoms with Crippen LogP contribution in [0.2, 0.25) is 0 Å². The summed E-state index contributed by atoms with van der Waals surface area (Å²) in [5.74, 6) is 0.270. The van der Waals surface area contributed by atoms with Crippen molar-refractivity contribution in [2.24, 2.45) is 0 Å². The summed E-state index contributed by atoms with van der Waals surface area (Å²) in [4.78, 5) is 19.2. The average Bonchev–Trinajstić information content (AvgIpc) is 3.44. The molecule has 206 valence electrons. The van der Waals surface area contributed by atoms with E-state index in [1.807, 2.05) is 36.4 Å². The van der Waals surface area contributed by atoms with Crippen molar-refractivity contribution < 1.29 is 14.3 Å². The first kappa shape index (κ1) is 27.4. The van der Waals surface area contributed by atoms with Crippen LogP contribution in [-0.4, -0.2) is 41.4 Å². The van der Waals surface area contributed by atoms with E-state index in [9.17, 15) is 4.79 Å². The zero-order valence-electron chi connectivity index (χ0n) is 23.3. The molecule has 4 aromatic rings. The number of aromatic nitrogens is 2. The molecule has 1 aliphatic heterocycles. The first-order valence-electron chi connectivity index (χ1n) is 13.1. The molecule has 9 heteroatoms. The Hall–Kier alpha value is -4.21. The fourth-order valence-electron chi connectivity index (χ4n) is 5.46. The van der Waals surface area contributed by atoms with Crippen LogP contribution in [0.15, 0.2) is 72.9 Å². The van der Waals surface area contributed by atoms with Gasteiger partial charge >= 0.3 is 0 Å². The van der Waals surface area contributed by atoms with Crippen LogP contribution in [0.4, 0.5) is 11.4 Å². The van der Waals surface area contributed by atoms with Crippen molar-refractivity contribution in [2.75, 3.05) is 31.0 Å². The fraction of sp³-hybridized carbons (Fsp3) is 0.258. The number of nitrogens with one attached hydrogen (secondary N) is 2. The molecule has 2 aromatic carbocycles. The van der Waals surface area contributed by atoms with E-state index in [0.717, 1.165) is 34.0 Å². The molecule has 2 N–H and O–H groups in total. The molecule has 2 aromatic heterocycles. The summed E-state index contributed by atoms with van der Waals surface area (Å²) in [6, 6.07) is 21.9. The zero-order valence-corrected chi connectivity index (χ0v) is 24.1. The SMILES string of the molecule is COCC(=O)Nc1cc(N2C(=S)N[C@H](c3ccccn3)[C@H]2c2cc(C)n(-c3cccc(C)c3)c2C)ccc1OC. The lowest BCUT2D eigenvalue weighted by atomic mass is 9.96. The number of anilines is 2. The third-order valence-corrected chi connectivity index (χ3v) is 7.47. The van der Waals surface area contributed by atoms with E-state index in [-0.39, 0.29) is 24.6 Å². The van der Waals surface area contributed by atoms with Crippen LogP contribution in [0, 0.1) is 20.8 Å². The molecule has 3 heterocycles. The molecule has 1 amide bonds. The van der Waals surface area contributed by atoms with E-state index in [0.29, 0.717) is 16.5 Å². The summed E-state index contributed by atoms with van der Waals surface area (Å²) in [5.41, 5.74) is 7.92. The Morgan fingerprint density at radius 3 is 2.55 bits per heavy atom. The summed E-state index contributed by atoms with van der Waals surface area (Å²) in [7, 11) is 3.06. The number of carbonyl (C=O) groups excluding carboxylic acids is 1. The van der Waals surface area contributed by atoms with Crippen LogP contribution >= 0.6 is 12.2 Å². The number of benzene rings is 2. The molecule has 0 aliphatic carbocycles. The Morgan fingerprint density at radius 2 is 1.85 bits per heavy atom. The minimum Gasteiger partial charge on any atom is -0.495 e. The first-order valence-corrected chi connectivity index (χ1v) is 13.5. The van der Waals surface area contributed by atoms with Crippen LogP contribution in [0.3, 0.4) is 0 Å². The lowest BCUT2D eigenvalue weighted by Crippen LogP contribution is -2.29. The number of rotatable bonds is 8. The second-order valence-corrected chi connectivity index (χ2v) is 10.2. The quantitative estimate of drug-likeness (QED) is 0.275. The molecule has 8 nitrogen and oxygen atoms in total. The van der Waals surface area contributed by atoms with Crippen LogP contribution in [-0.2, 0) is 9.53 Å². The van der Waals surface area contributed by atoms with E-state index in [1.54, 1.807) is 13.3 Å². The predicted octanol–water partition coefficient (Wildman–Crippen LogP) is 5.57. The minimum absolute atomic E-state index is 0.0631. The summed E-state index contributed by atoms with van der Waals surface area (Å²) in [5, 5.41) is 6.99. The molecule has 2 atom stereocenters. The molecular weight excluding hydrogens is 522 g/mol. The molecule has 0 spiro atoms. The van der Waals surface area contributed by atoms with Crippen molar-refractivity contribution >= 4 is 34.6 Å². The van der Waals surface area contributed by atoms with Crippen LogP contribution in [0.25, 0.3) is 5.69 Å². The smallest absolute Gasteiger partial charge is 0.250 e. The van der Waals surface area contributed by atoms with Gasteiger partial charge in [-0.15, -0.1) is 0 Å². The van der Waals surface area contributed by atoms with Gasteiger partial charge in [0.15, 0.2) is 5.11 Å². The highest BCUT2D eigenvalue weighted by Gasteiger charge is 2.42. The maximum absolute atomic E-state index is 12.4. The lowest BCUT2D eigenvalue weighted by molar-refractivity contribution is -0.119. The van der Waals surface area contributed by atoms with Gasteiger partial charge in [-0.25, -0.2) is 0 Å². The third-order valence-electron chi connectivity index (χ3n) is 7.16. The Balaban J connectivity index is 1.65. The van der Waals surface area contributed by atoms with Gasteiger partial charge in [0.2, 0.25) is 5.91 Å². The highest BCUT2D eigenvalue weighted by molar-refractivity contribution is 7.80. The molecule has 1 fully saturated rings. The number of amides is 1. The number of hydrogen-bond donors (Lipinski definition) is 2. The van der Waals surface area contributed by atoms with Crippen molar-refractivity contribution in [3.8, 4) is 11.4 Å². The van der Waals surface area contributed by atoms with Crippen LogP contribution in [0.5, 0.6) is 5.75 Å². The number of carbonyl (C=O) groups is 1. The van der Waals surface area contributed by atoms with Gasteiger partial charge in [0.05, 0.1) is 30.6 Å². The third kappa shape index (κ3) is 5.17. The normalized spacial score (nSPS) is 16.6. The topological polar surface area (TPSA) is 80.7 Å². The van der Waals surface area contributed by atoms with Gasteiger partial charge in [0.1, 0.15) is 12.4 Å². The van der Waals surface area contributed by atoms with E-state index in [4.69, 9.17) is 21.7 Å². The van der Waals surface area contributed by atoms with Crippen LogP contribution in [0.1, 0.15) is 40.3 Å². The van der Waals surface area contributed by atoms with E-state index in [2.05, 4.69) is 76.2 Å². The zero-order chi connectivity index (χ0) is 28.4. The van der Waals surface area contributed by atoms with Gasteiger partial charge in [-0.05, 0) is 92.6 Å². The largest absolute Gasteiger partial charge is 0.495 e. The molecule has 5 rings (SSSR count). The first-order chi connectivity index (χ1) is 19.3. The lowest BCUT2D eigenvalue weighted by Gasteiger charge is -2.29. The maximum atomic E-state index is 12.4. The molecule has 40 heavy (non-hydrogen) atoms. The highest BCUT2D eigenvalue weighted by atomic mass is 32.1. The average molecular weight is 556 g/mol. The van der Waals surface area contributed by atoms with Gasteiger partial charge in [-0.1, -0.05) is 18.2 Å². The molecule has 1 aliphatic rings. The number of pyridine rings is 1. The number of hydrogen-bond acceptors (Lipinski definition) is 5. The van der Waals surface area contributed by atoms with Crippen molar-refractivity contribution in [2.45, 2.75) is 32.9 Å². The van der Waals surface area contributed by atoms with Gasteiger partial charge in [0.25, 0.3) is 0 Å². The number of ether oxygens (including phenoxy) is 2. The Morgan fingerprint density at radius 1 is 1.02 bits per heavy atom. The fourth-order valence-corrected chi connectivity index (χ4v) is 5.81. The minimum atomic E-state index is -0.273. The summed E-state index contributed by atoms with van der Waals surface area (Å²) in [6.45, 7) is 6.30. The van der Waals surface area contributed by atoms with Crippen molar-refractivity contribution in [3.05, 3.63) is 101 Å². The summed E-state index contributed by atoms with van der Waals surface area (Å²) in [6.07, 6.45) is 1.80. The van der Waals surface area contributed by atoms with Gasteiger partial charge in [-0.2, -0.15) is 0 Å². The van der Waals surface area contributed by atoms with Gasteiger partial charge in [-0.3, -0.25) is 9.78 Å². The van der Waals surface area contributed by atoms with Gasteiger partial charge < -0.3 is 29.6 Å². The molecule has 0 saturated carbocycles. The van der Waals surface area contributed by atoms with E-state index < -0.39 is 0 Å². The Bertz CT molecular complexity index is 1550. The monoisotopic (exact) mass is 555 g/mol. The predicted molar refractivity (Wildman–Crippen MR) is 161 cm³/mol. The second-order valence-electron chi connectivity index (χ2n) is 9.86. The molecule has 1 saturated heterocycles. The standard InChI is InChI=1S/C31H33N5O3S/c1-19-9-8-10-22(15-19)35-20(2)16-24(21(35)3)30-29(25-11-6-7-14-32-25)34-31(40)36(30)23-12-13-27(39-5)26(17-23)33-28(37)18-38-4/h6-17,29-30H,18H2,1-5H3,(H,33,37)(H,34,40)/t29-,30-/m1/s1. The van der Waals surface area contributed by atoms with Crippen molar-refractivity contribution in [3.63, 3.8) is 0 Å². The molecule has 0 unspecified atom stereocenters. The van der Waals surface area contributed by atoms with Crippen LogP contribution < -0.4 is 20.3 Å². The van der Waals surface area contributed by atoms with E-state index in [1.165, 1.54) is 12.7 Å². The number of nitrogens with zero attached hydrogens (tertiary/aromatic N) is 3. The Kier molecular flexibility index (Phi) is 7.86. The summed E-state index contributed by atoms with van der Waals surface area (Å²) < 4.78 is 12.8. The molecule has 0 radical (unpaired) electrons. The van der Waals surface area contributed by atoms with E-state index >= 15 is 0 Å². The van der Waals surface area contributed by atoms with Crippen molar-refractivity contribution in [1.29, 1.82) is 0 Å². The second kappa shape index (κ2) is 11.5. The molecule has 0 bridgehead atoms. The number of aryl methyl sites for hydroxylation is 2. The van der Waals surface area contributed by atoms with Crippen molar-refractivity contribution in [1.82, 2.24) is 14.9 Å². The summed E-state index contributed by atoms with van der Waals surface area (Å²) >= 11 is 5.95. The number of thiocarbonyl (C=S) groups is 1.